The molecule has 2 saturated heterocycles. The zero-order chi connectivity index (χ0) is 35.8. The minimum atomic E-state index is 0.0671. The van der Waals surface area contributed by atoms with Crippen molar-refractivity contribution in [2.24, 2.45) is 0 Å². The third kappa shape index (κ3) is 25.4. The molecule has 0 radical (unpaired) electrons. The summed E-state index contributed by atoms with van der Waals surface area (Å²) in [5.74, 6) is 0.334. The maximum absolute atomic E-state index is 11.2. The molecule has 4 rings (SSSR count). The topological polar surface area (TPSA) is 72.6 Å². The molecular formula is C37H75N5O3. The van der Waals surface area contributed by atoms with E-state index < -0.39 is 0 Å². The lowest BCUT2D eigenvalue weighted by Crippen LogP contribution is -2.40. The van der Waals surface area contributed by atoms with E-state index >= 15 is 0 Å². The van der Waals surface area contributed by atoms with Crippen LogP contribution in [0.1, 0.15) is 142 Å². The molecule has 8 nitrogen and oxygen atoms in total. The van der Waals surface area contributed by atoms with Crippen LogP contribution in [-0.4, -0.2) is 75.0 Å². The lowest BCUT2D eigenvalue weighted by molar-refractivity contribution is -0.135. The predicted octanol–water partition coefficient (Wildman–Crippen LogP) is 9.13. The molecule has 0 saturated carbocycles. The van der Waals surface area contributed by atoms with E-state index in [2.05, 4.69) is 51.5 Å². The molecule has 2 aromatic heterocycles. The Morgan fingerprint density at radius 2 is 1.20 bits per heavy atom. The Bertz CT molecular complexity index is 903. The van der Waals surface area contributed by atoms with E-state index in [-0.39, 0.29) is 11.6 Å². The summed E-state index contributed by atoms with van der Waals surface area (Å²) in [6.45, 7) is 37.8. The van der Waals surface area contributed by atoms with Crippen LogP contribution in [0.25, 0.3) is 0 Å². The number of morpholine rings is 1. The first-order valence-corrected chi connectivity index (χ1v) is 17.8. The van der Waals surface area contributed by atoms with Gasteiger partial charge in [0.15, 0.2) is 0 Å². The first-order chi connectivity index (χ1) is 21.5. The van der Waals surface area contributed by atoms with Crippen LogP contribution >= 0.6 is 0 Å². The third-order valence-corrected chi connectivity index (χ3v) is 6.22. The number of likely N-dealkylation sites (tertiary alicyclic amines) is 1. The summed E-state index contributed by atoms with van der Waals surface area (Å²) in [6, 6.07) is 8.95. The first-order valence-electron chi connectivity index (χ1n) is 17.8. The van der Waals surface area contributed by atoms with Crippen molar-refractivity contribution in [2.45, 2.75) is 154 Å². The molecule has 0 aromatic carbocycles. The normalized spacial score (nSPS) is 13.8. The van der Waals surface area contributed by atoms with Gasteiger partial charge in [-0.15, -0.1) is 0 Å². The fraction of sp³-hybridized carbons (Fsp3) is 0.757. The van der Waals surface area contributed by atoms with Crippen molar-refractivity contribution >= 4 is 5.91 Å². The van der Waals surface area contributed by atoms with Crippen molar-refractivity contribution in [1.29, 1.82) is 0 Å². The highest BCUT2D eigenvalue weighted by molar-refractivity contribution is 5.77. The fourth-order valence-electron chi connectivity index (χ4n) is 3.92. The van der Waals surface area contributed by atoms with Gasteiger partial charge in [-0.2, -0.15) is 5.10 Å². The number of pyridine rings is 1. The Morgan fingerprint density at radius 3 is 1.49 bits per heavy atom. The average molecular weight is 638 g/mol. The number of piperidine rings is 1. The van der Waals surface area contributed by atoms with Crippen molar-refractivity contribution in [3.8, 4) is 0 Å². The van der Waals surface area contributed by atoms with Gasteiger partial charge in [0.2, 0.25) is 5.91 Å². The van der Waals surface area contributed by atoms with E-state index in [9.17, 15) is 9.59 Å². The number of amides is 1. The molecule has 266 valence electrons. The maximum Gasteiger partial charge on any atom is 0.250 e. The molecule has 0 bridgehead atoms. The van der Waals surface area contributed by atoms with Crippen molar-refractivity contribution < 1.29 is 9.53 Å². The van der Waals surface area contributed by atoms with Crippen LogP contribution in [0.3, 0.4) is 0 Å². The summed E-state index contributed by atoms with van der Waals surface area (Å²) in [4.78, 5) is 26.6. The van der Waals surface area contributed by atoms with E-state index in [1.165, 1.54) is 6.42 Å². The Morgan fingerprint density at radius 1 is 0.644 bits per heavy atom. The van der Waals surface area contributed by atoms with Gasteiger partial charge >= 0.3 is 0 Å². The van der Waals surface area contributed by atoms with Crippen LogP contribution in [-0.2, 0) is 9.53 Å². The number of carbonyl (C=O) groups excluding carboxylic acids is 1. The summed E-state index contributed by atoms with van der Waals surface area (Å²) < 4.78 is 8.82. The molecule has 45 heavy (non-hydrogen) atoms. The molecule has 1 amide bonds. The van der Waals surface area contributed by atoms with Gasteiger partial charge < -0.3 is 14.2 Å². The fourth-order valence-corrected chi connectivity index (χ4v) is 3.92. The first kappa shape index (κ1) is 49.4. The van der Waals surface area contributed by atoms with Gasteiger partial charge in [0, 0.05) is 74.9 Å². The van der Waals surface area contributed by atoms with Gasteiger partial charge in [0.05, 0.1) is 13.2 Å². The van der Waals surface area contributed by atoms with Gasteiger partial charge in [0.1, 0.15) is 0 Å². The number of nitrogens with zero attached hydrogens (tertiary/aromatic N) is 5. The van der Waals surface area contributed by atoms with Gasteiger partial charge in [-0.25, -0.2) is 0 Å². The molecule has 0 aliphatic carbocycles. The van der Waals surface area contributed by atoms with Gasteiger partial charge in [-0.05, 0) is 80.4 Å². The number of ether oxygens (including phenoxy) is 1. The van der Waals surface area contributed by atoms with E-state index in [0.29, 0.717) is 24.0 Å². The molecule has 8 heteroatoms. The van der Waals surface area contributed by atoms with Crippen LogP contribution in [0, 0.1) is 0 Å². The van der Waals surface area contributed by atoms with Crippen LogP contribution < -0.4 is 5.56 Å². The zero-order valence-corrected chi connectivity index (χ0v) is 32.5. The smallest absolute Gasteiger partial charge is 0.250 e. The monoisotopic (exact) mass is 638 g/mol. The van der Waals surface area contributed by atoms with Crippen LogP contribution in [0.5, 0.6) is 0 Å². The second kappa shape index (κ2) is 34.4. The number of carbonyl (C=O) groups is 1. The molecule has 0 unspecified atom stereocenters. The Hall–Kier alpha value is -2.45. The summed E-state index contributed by atoms with van der Waals surface area (Å²) >= 11 is 0. The lowest BCUT2D eigenvalue weighted by Gasteiger charge is -2.30. The SMILES string of the molecule is CC.CC.CC.CC.CC(C)N1CCCCC1=O.CC(C)N1CCOCC1.CC(C)n1ccccc1=O.CC(C)n1cccn1. The molecule has 2 aromatic rings. The molecule has 4 heterocycles. The minimum absolute atomic E-state index is 0.0671. The standard InChI is InChI=1S/C8H15NO.C8H11NO.C7H15NO.C6H10N2.4C2H6/c2*1-7(2)9-6-4-3-5-8(9)10;1-7(2)8-3-5-9-6-4-8;1-6(2)8-5-3-4-7-8;4*1-2/h7H,3-6H2,1-2H3;3-7H,1-2H3;7H,3-6H2,1-2H3;3-6H,1-2H3;4*1-2H3. The average Bonchev–Trinajstić information content (AvgIpc) is 3.62. The second-order valence-electron chi connectivity index (χ2n) is 10.5. The van der Waals surface area contributed by atoms with Crippen LogP contribution in [0.2, 0.25) is 0 Å². The van der Waals surface area contributed by atoms with Gasteiger partial charge in [0.25, 0.3) is 5.56 Å². The Kier molecular flexibility index (Phi) is 37.8. The Labute approximate surface area is 279 Å². The second-order valence-corrected chi connectivity index (χ2v) is 10.5. The highest BCUT2D eigenvalue weighted by Gasteiger charge is 2.19. The quantitative estimate of drug-likeness (QED) is 0.334. The zero-order valence-electron chi connectivity index (χ0n) is 32.5. The number of hydrogen-bond donors (Lipinski definition) is 0. The predicted molar refractivity (Wildman–Crippen MR) is 197 cm³/mol. The maximum atomic E-state index is 11.2. The van der Waals surface area contributed by atoms with Crippen molar-refractivity contribution in [2.75, 3.05) is 32.8 Å². The largest absolute Gasteiger partial charge is 0.379 e. The van der Waals surface area contributed by atoms with Crippen LogP contribution in [0.4, 0.5) is 0 Å². The summed E-state index contributed by atoms with van der Waals surface area (Å²) in [7, 11) is 0. The molecule has 2 fully saturated rings. The molecular weight excluding hydrogens is 562 g/mol. The molecule has 0 N–H and O–H groups in total. The van der Waals surface area contributed by atoms with E-state index in [1.807, 2.05) is 97.1 Å². The van der Waals surface area contributed by atoms with E-state index in [1.54, 1.807) is 29.1 Å². The highest BCUT2D eigenvalue weighted by Crippen LogP contribution is 2.12. The van der Waals surface area contributed by atoms with Gasteiger partial charge in [-0.3, -0.25) is 19.2 Å². The summed E-state index contributed by atoms with van der Waals surface area (Å²) in [5.41, 5.74) is 0.0671. The number of hydrogen-bond acceptors (Lipinski definition) is 5. The van der Waals surface area contributed by atoms with Crippen LogP contribution in [0.15, 0.2) is 47.7 Å². The molecule has 2 aliphatic heterocycles. The number of aromatic nitrogens is 3. The Balaban J connectivity index is -0.000000232. The van der Waals surface area contributed by atoms with Crippen molar-refractivity contribution in [3.63, 3.8) is 0 Å². The lowest BCUT2D eigenvalue weighted by atomic mass is 10.1. The van der Waals surface area contributed by atoms with Crippen molar-refractivity contribution in [3.05, 3.63) is 53.2 Å². The van der Waals surface area contributed by atoms with E-state index in [0.717, 1.165) is 45.7 Å². The molecule has 0 atom stereocenters. The third-order valence-electron chi connectivity index (χ3n) is 6.22. The van der Waals surface area contributed by atoms with Gasteiger partial charge in [-0.1, -0.05) is 61.5 Å². The molecule has 2 aliphatic rings. The summed E-state index contributed by atoms with van der Waals surface area (Å²) in [5, 5.41) is 4.03. The summed E-state index contributed by atoms with van der Waals surface area (Å²) in [6.07, 6.45) is 8.59. The highest BCUT2D eigenvalue weighted by atomic mass is 16.5. The molecule has 0 spiro atoms. The van der Waals surface area contributed by atoms with Crippen molar-refractivity contribution in [1.82, 2.24) is 24.1 Å². The number of rotatable bonds is 4. The minimum Gasteiger partial charge on any atom is -0.379 e. The van der Waals surface area contributed by atoms with E-state index in [4.69, 9.17) is 4.74 Å².